The summed E-state index contributed by atoms with van der Waals surface area (Å²) in [5, 5.41) is 10.8. The van der Waals surface area contributed by atoms with Gasteiger partial charge in [0.15, 0.2) is 0 Å². The first-order chi connectivity index (χ1) is 13.7. The van der Waals surface area contributed by atoms with E-state index in [1.807, 2.05) is 6.92 Å². The molecule has 0 heterocycles. The van der Waals surface area contributed by atoms with Gasteiger partial charge in [0.05, 0.1) is 24.7 Å². The number of rotatable bonds is 8. The number of nitrogens with zero attached hydrogens (tertiary/aromatic N) is 1. The van der Waals surface area contributed by atoms with Gasteiger partial charge >= 0.3 is 6.18 Å². The highest BCUT2D eigenvalue weighted by atomic mass is 19.4. The van der Waals surface area contributed by atoms with E-state index in [2.05, 4.69) is 0 Å². The van der Waals surface area contributed by atoms with Crippen LogP contribution in [0.25, 0.3) is 0 Å². The van der Waals surface area contributed by atoms with Crippen molar-refractivity contribution < 1.29 is 27.8 Å². The van der Waals surface area contributed by atoms with Crippen molar-refractivity contribution in [3.05, 3.63) is 59.7 Å². The number of alkyl halides is 3. The molecule has 2 aromatic rings. The third kappa shape index (κ3) is 5.73. The van der Waals surface area contributed by atoms with Crippen molar-refractivity contribution in [2.45, 2.75) is 38.5 Å². The molecular formula is C22H26F3NO3. The zero-order valence-electron chi connectivity index (χ0n) is 16.7. The van der Waals surface area contributed by atoms with Crippen LogP contribution in [-0.2, 0) is 11.0 Å². The fraction of sp³-hybridized carbons (Fsp3) is 0.409. The van der Waals surface area contributed by atoms with E-state index in [1.165, 1.54) is 17.0 Å². The molecule has 2 rings (SSSR count). The van der Waals surface area contributed by atoms with E-state index >= 15 is 0 Å². The Morgan fingerprint density at radius 3 is 2.17 bits per heavy atom. The van der Waals surface area contributed by atoms with Crippen LogP contribution in [0.4, 0.5) is 18.9 Å². The topological polar surface area (TPSA) is 49.8 Å². The summed E-state index contributed by atoms with van der Waals surface area (Å²) in [5.74, 6) is -0.406. The van der Waals surface area contributed by atoms with Gasteiger partial charge in [-0.3, -0.25) is 4.79 Å². The van der Waals surface area contributed by atoms with Gasteiger partial charge in [-0.25, -0.2) is 0 Å². The van der Waals surface area contributed by atoms with E-state index in [0.717, 1.165) is 18.6 Å². The van der Waals surface area contributed by atoms with Gasteiger partial charge in [-0.1, -0.05) is 31.9 Å². The average molecular weight is 409 g/mol. The second kappa shape index (κ2) is 9.78. The van der Waals surface area contributed by atoms with Crippen LogP contribution in [0.5, 0.6) is 5.75 Å². The highest BCUT2D eigenvalue weighted by Crippen LogP contribution is 2.33. The van der Waals surface area contributed by atoms with Crippen molar-refractivity contribution in [1.29, 1.82) is 0 Å². The smallest absolute Gasteiger partial charge is 0.416 e. The van der Waals surface area contributed by atoms with E-state index in [-0.39, 0.29) is 11.5 Å². The molecule has 0 fully saturated rings. The maximum Gasteiger partial charge on any atom is 0.416 e. The number of unbranched alkanes of at least 4 members (excludes halogenated alkanes) is 1. The van der Waals surface area contributed by atoms with Crippen LogP contribution in [0.1, 0.15) is 43.4 Å². The lowest BCUT2D eigenvalue weighted by Gasteiger charge is -2.28. The van der Waals surface area contributed by atoms with Crippen LogP contribution in [0, 0.1) is 5.92 Å². The van der Waals surface area contributed by atoms with E-state index in [9.17, 15) is 23.1 Å². The molecule has 0 radical (unpaired) electrons. The maximum absolute atomic E-state index is 13.1. The first-order valence-electron chi connectivity index (χ1n) is 9.45. The Hall–Kier alpha value is -2.54. The van der Waals surface area contributed by atoms with Crippen molar-refractivity contribution in [3.8, 4) is 5.75 Å². The van der Waals surface area contributed by atoms with Crippen LogP contribution in [0.3, 0.4) is 0 Å². The Labute approximate surface area is 168 Å². The highest BCUT2D eigenvalue weighted by molar-refractivity contribution is 5.95. The number of aliphatic hydroxyl groups excluding tert-OH is 1. The summed E-state index contributed by atoms with van der Waals surface area (Å²) in [4.78, 5) is 14.6. The number of carbonyl (C=O) groups is 1. The summed E-state index contributed by atoms with van der Waals surface area (Å²) in [6.45, 7) is 1.97. The van der Waals surface area contributed by atoms with Gasteiger partial charge in [-0.2, -0.15) is 13.2 Å². The molecule has 0 unspecified atom stereocenters. The maximum atomic E-state index is 13.1. The Morgan fingerprint density at radius 2 is 1.69 bits per heavy atom. The third-order valence-electron chi connectivity index (χ3n) is 4.94. The molecule has 0 saturated heterocycles. The number of benzene rings is 2. The third-order valence-corrected chi connectivity index (χ3v) is 4.94. The molecule has 4 nitrogen and oxygen atoms in total. The number of halogens is 3. The predicted octanol–water partition coefficient (Wildman–Crippen LogP) is 5.22. The number of ether oxygens (including phenoxy) is 1. The number of anilines is 1. The molecule has 0 saturated carbocycles. The van der Waals surface area contributed by atoms with Crippen molar-refractivity contribution in [2.24, 2.45) is 5.92 Å². The molecule has 29 heavy (non-hydrogen) atoms. The SMILES string of the molecule is CCCC[C@@H](C(=O)N(C)c1ccc(OC)cc1)[C@H](O)c1ccc(C(F)(F)F)cc1. The number of hydrogen-bond acceptors (Lipinski definition) is 3. The Morgan fingerprint density at radius 1 is 1.10 bits per heavy atom. The molecule has 158 valence electrons. The van der Waals surface area contributed by atoms with Crippen LogP contribution in [0.15, 0.2) is 48.5 Å². The standard InChI is InChI=1S/C22H26F3NO3/c1-4-5-6-19(20(27)15-7-9-16(10-8-15)22(23,24)25)21(28)26(2)17-11-13-18(29-3)14-12-17/h7-14,19-20,27H,4-6H2,1-3H3/t19-,20-/m1/s1. The van der Waals surface area contributed by atoms with Crippen molar-refractivity contribution in [2.75, 3.05) is 19.1 Å². The summed E-state index contributed by atoms with van der Waals surface area (Å²) < 4.78 is 43.5. The van der Waals surface area contributed by atoms with E-state index < -0.39 is 23.8 Å². The van der Waals surface area contributed by atoms with Crippen LogP contribution < -0.4 is 9.64 Å². The second-order valence-corrected chi connectivity index (χ2v) is 6.91. The Balaban J connectivity index is 2.25. The lowest BCUT2D eigenvalue weighted by Crippen LogP contribution is -2.36. The van der Waals surface area contributed by atoms with Crippen LogP contribution in [-0.4, -0.2) is 25.2 Å². The Kier molecular flexibility index (Phi) is 7.67. The van der Waals surface area contributed by atoms with Gasteiger partial charge in [-0.05, 0) is 48.4 Å². The molecule has 1 amide bonds. The van der Waals surface area contributed by atoms with Gasteiger partial charge in [0.2, 0.25) is 5.91 Å². The largest absolute Gasteiger partial charge is 0.497 e. The normalized spacial score (nSPS) is 13.6. The molecule has 0 aliphatic heterocycles. The average Bonchev–Trinajstić information content (AvgIpc) is 2.72. The van der Waals surface area contributed by atoms with Crippen molar-refractivity contribution in [1.82, 2.24) is 0 Å². The molecular weight excluding hydrogens is 383 g/mol. The number of aliphatic hydroxyl groups is 1. The number of carbonyl (C=O) groups excluding carboxylic acids is 1. The molecule has 2 aromatic carbocycles. The highest BCUT2D eigenvalue weighted by Gasteiger charge is 2.33. The molecule has 2 atom stereocenters. The van der Waals surface area contributed by atoms with Gasteiger partial charge in [0.25, 0.3) is 0 Å². The van der Waals surface area contributed by atoms with Crippen molar-refractivity contribution in [3.63, 3.8) is 0 Å². The molecule has 0 bridgehead atoms. The lowest BCUT2D eigenvalue weighted by atomic mass is 9.89. The fourth-order valence-electron chi connectivity index (χ4n) is 3.12. The number of hydrogen-bond donors (Lipinski definition) is 1. The van der Waals surface area contributed by atoms with Gasteiger partial charge in [-0.15, -0.1) is 0 Å². The minimum absolute atomic E-state index is 0.288. The van der Waals surface area contributed by atoms with Gasteiger partial charge < -0.3 is 14.7 Å². The zero-order chi connectivity index (χ0) is 21.6. The minimum atomic E-state index is -4.45. The first-order valence-corrected chi connectivity index (χ1v) is 9.45. The van der Waals surface area contributed by atoms with E-state index in [0.29, 0.717) is 24.3 Å². The van der Waals surface area contributed by atoms with Crippen LogP contribution >= 0.6 is 0 Å². The molecule has 7 heteroatoms. The van der Waals surface area contributed by atoms with Crippen LogP contribution in [0.2, 0.25) is 0 Å². The minimum Gasteiger partial charge on any atom is -0.497 e. The monoisotopic (exact) mass is 409 g/mol. The van der Waals surface area contributed by atoms with Gasteiger partial charge in [0, 0.05) is 12.7 Å². The predicted molar refractivity (Wildman–Crippen MR) is 106 cm³/mol. The summed E-state index contributed by atoms with van der Waals surface area (Å²) >= 11 is 0. The number of methoxy groups -OCH3 is 1. The van der Waals surface area contributed by atoms with Gasteiger partial charge in [0.1, 0.15) is 5.75 Å². The first kappa shape index (κ1) is 22.7. The quantitative estimate of drug-likeness (QED) is 0.651. The Bertz CT molecular complexity index is 788. The molecule has 1 N–H and O–H groups in total. The lowest BCUT2D eigenvalue weighted by molar-refractivity contribution is -0.137. The van der Waals surface area contributed by atoms with Crippen molar-refractivity contribution >= 4 is 11.6 Å². The molecule has 0 aliphatic carbocycles. The summed E-state index contributed by atoms with van der Waals surface area (Å²) in [5.41, 5.74) is 0.132. The fourth-order valence-corrected chi connectivity index (χ4v) is 3.12. The zero-order valence-corrected chi connectivity index (χ0v) is 16.7. The van der Waals surface area contributed by atoms with E-state index in [4.69, 9.17) is 4.74 Å². The summed E-state index contributed by atoms with van der Waals surface area (Å²) in [7, 11) is 3.16. The van der Waals surface area contributed by atoms with E-state index in [1.54, 1.807) is 38.4 Å². The molecule has 0 aliphatic rings. The summed E-state index contributed by atoms with van der Waals surface area (Å²) in [6, 6.07) is 11.2. The number of amides is 1. The summed E-state index contributed by atoms with van der Waals surface area (Å²) in [6.07, 6.45) is -3.68. The molecule has 0 aromatic heterocycles. The molecule has 0 spiro atoms. The second-order valence-electron chi connectivity index (χ2n) is 6.91.